The molecule has 31 heavy (non-hydrogen) atoms. The summed E-state index contributed by atoms with van der Waals surface area (Å²) in [7, 11) is 0. The lowest BCUT2D eigenvalue weighted by molar-refractivity contribution is 0.0224. The number of amides is 1. The average molecular weight is 480 g/mol. The minimum absolute atomic E-state index is 0.0406. The smallest absolute Gasteiger partial charge is 0.410 e. The van der Waals surface area contributed by atoms with E-state index in [1.54, 1.807) is 26.8 Å². The van der Waals surface area contributed by atoms with Crippen molar-refractivity contribution in [2.24, 2.45) is 17.1 Å². The van der Waals surface area contributed by atoms with Gasteiger partial charge in [0.05, 0.1) is 23.4 Å². The molecule has 1 aromatic carbocycles. The van der Waals surface area contributed by atoms with Gasteiger partial charge in [0, 0.05) is 29.4 Å². The van der Waals surface area contributed by atoms with Gasteiger partial charge in [0.1, 0.15) is 11.7 Å². The molecule has 0 saturated carbocycles. The highest BCUT2D eigenvalue weighted by Gasteiger charge is 2.54. The Bertz CT molecular complexity index is 1080. The van der Waals surface area contributed by atoms with E-state index in [1.807, 2.05) is 24.3 Å². The van der Waals surface area contributed by atoms with Gasteiger partial charge < -0.3 is 15.4 Å². The second-order valence-corrected chi connectivity index (χ2v) is 9.53. The summed E-state index contributed by atoms with van der Waals surface area (Å²) < 4.78 is 6.36. The molecule has 0 radical (unpaired) electrons. The van der Waals surface area contributed by atoms with Gasteiger partial charge >= 0.3 is 6.09 Å². The van der Waals surface area contributed by atoms with Crippen LogP contribution < -0.4 is 5.73 Å². The molecule has 0 saturated heterocycles. The second-order valence-electron chi connectivity index (χ2n) is 8.61. The molecule has 7 nitrogen and oxygen atoms in total. The molecule has 0 fully saturated rings. The fraction of sp³-hybridized carbons (Fsp3) is 0.391. The number of ether oxygens (including phenoxy) is 1. The number of allylic oxidation sites excluding steroid dienone is 2. The number of nitrogens with two attached hydrogens (primary N) is 1. The van der Waals surface area contributed by atoms with Gasteiger partial charge in [0.15, 0.2) is 5.41 Å². The van der Waals surface area contributed by atoms with Crippen LogP contribution in [-0.4, -0.2) is 29.7 Å². The molecule has 1 amide bonds. The number of nitrogens with zero attached hydrogens (tertiary/aromatic N) is 4. The van der Waals surface area contributed by atoms with Crippen LogP contribution in [0.2, 0.25) is 0 Å². The van der Waals surface area contributed by atoms with E-state index in [0.29, 0.717) is 5.57 Å². The molecular weight excluding hydrogens is 458 g/mol. The summed E-state index contributed by atoms with van der Waals surface area (Å²) in [5.74, 6) is -1.13. The van der Waals surface area contributed by atoms with Gasteiger partial charge in [-0.15, -0.1) is 0 Å². The monoisotopic (exact) mass is 479 g/mol. The summed E-state index contributed by atoms with van der Waals surface area (Å²) in [4.78, 5) is 14.3. The Labute approximate surface area is 190 Å². The summed E-state index contributed by atoms with van der Waals surface area (Å²) in [5, 5.41) is 30.0. The van der Waals surface area contributed by atoms with E-state index in [4.69, 9.17) is 10.5 Å². The molecule has 2 aliphatic rings. The molecule has 1 aromatic rings. The van der Waals surface area contributed by atoms with Crippen molar-refractivity contribution >= 4 is 22.0 Å². The van der Waals surface area contributed by atoms with Gasteiger partial charge in [-0.05, 0) is 44.0 Å². The Morgan fingerprint density at radius 3 is 2.35 bits per heavy atom. The molecule has 1 heterocycles. The topological polar surface area (TPSA) is 127 Å². The third kappa shape index (κ3) is 3.90. The summed E-state index contributed by atoms with van der Waals surface area (Å²) in [6, 6.07) is 13.6. The van der Waals surface area contributed by atoms with Crippen molar-refractivity contribution in [3.05, 3.63) is 57.2 Å². The fourth-order valence-electron chi connectivity index (χ4n) is 4.20. The van der Waals surface area contributed by atoms with Crippen molar-refractivity contribution in [1.82, 2.24) is 4.90 Å². The first-order chi connectivity index (χ1) is 14.6. The van der Waals surface area contributed by atoms with Crippen molar-refractivity contribution < 1.29 is 9.53 Å². The lowest BCUT2D eigenvalue weighted by Crippen LogP contribution is -2.50. The number of hydrogen-bond donors (Lipinski definition) is 1. The summed E-state index contributed by atoms with van der Waals surface area (Å²) >= 11 is 3.40. The van der Waals surface area contributed by atoms with E-state index in [2.05, 4.69) is 34.1 Å². The predicted octanol–water partition coefficient (Wildman–Crippen LogP) is 4.11. The van der Waals surface area contributed by atoms with E-state index in [0.717, 1.165) is 10.0 Å². The Morgan fingerprint density at radius 2 is 1.84 bits per heavy atom. The minimum Gasteiger partial charge on any atom is -0.444 e. The van der Waals surface area contributed by atoms with Crippen molar-refractivity contribution in [1.29, 1.82) is 15.8 Å². The molecule has 1 aliphatic heterocycles. The maximum absolute atomic E-state index is 12.7. The Hall–Kier alpha value is -3.28. The third-order valence-corrected chi connectivity index (χ3v) is 6.07. The summed E-state index contributed by atoms with van der Waals surface area (Å²) in [6.07, 6.45) is 1.28. The Balaban J connectivity index is 2.18. The first-order valence-electron chi connectivity index (χ1n) is 9.74. The van der Waals surface area contributed by atoms with Crippen molar-refractivity contribution in [2.45, 2.75) is 32.3 Å². The van der Waals surface area contributed by atoms with Gasteiger partial charge in [0.25, 0.3) is 0 Å². The molecule has 1 aliphatic carbocycles. The second kappa shape index (κ2) is 8.10. The van der Waals surface area contributed by atoms with Crippen LogP contribution >= 0.6 is 15.9 Å². The minimum atomic E-state index is -1.74. The largest absolute Gasteiger partial charge is 0.444 e. The van der Waals surface area contributed by atoms with Gasteiger partial charge in [-0.1, -0.05) is 34.1 Å². The maximum atomic E-state index is 12.7. The first kappa shape index (κ1) is 22.4. The van der Waals surface area contributed by atoms with E-state index >= 15 is 0 Å². The number of rotatable bonds is 1. The van der Waals surface area contributed by atoms with Gasteiger partial charge in [-0.3, -0.25) is 0 Å². The van der Waals surface area contributed by atoms with Crippen molar-refractivity contribution in [3.63, 3.8) is 0 Å². The number of fused-ring (bicyclic) bond motifs is 1. The van der Waals surface area contributed by atoms with E-state index in [9.17, 15) is 20.6 Å². The zero-order valence-electron chi connectivity index (χ0n) is 17.5. The van der Waals surface area contributed by atoms with Crippen LogP contribution in [0.4, 0.5) is 4.79 Å². The quantitative estimate of drug-likeness (QED) is 0.645. The molecule has 0 bridgehead atoms. The number of carbonyl (C=O) groups excluding carboxylic acids is 1. The van der Waals surface area contributed by atoms with Gasteiger partial charge in [-0.2, -0.15) is 15.8 Å². The number of nitriles is 3. The maximum Gasteiger partial charge on any atom is 0.410 e. The van der Waals surface area contributed by atoms with Crippen molar-refractivity contribution in [2.75, 3.05) is 13.1 Å². The lowest BCUT2D eigenvalue weighted by Gasteiger charge is -2.45. The Morgan fingerprint density at radius 1 is 1.23 bits per heavy atom. The predicted molar refractivity (Wildman–Crippen MR) is 117 cm³/mol. The number of benzene rings is 1. The molecule has 2 atom stereocenters. The summed E-state index contributed by atoms with van der Waals surface area (Å²) in [6.45, 7) is 5.81. The van der Waals surface area contributed by atoms with Gasteiger partial charge in [0.2, 0.25) is 0 Å². The van der Waals surface area contributed by atoms with Crippen LogP contribution in [0.25, 0.3) is 0 Å². The van der Waals surface area contributed by atoms with Gasteiger partial charge in [-0.25, -0.2) is 4.79 Å². The van der Waals surface area contributed by atoms with E-state index in [-0.39, 0.29) is 24.4 Å². The molecule has 158 valence electrons. The van der Waals surface area contributed by atoms with Crippen LogP contribution in [0.3, 0.4) is 0 Å². The average Bonchev–Trinajstić information content (AvgIpc) is 2.72. The normalized spacial score (nSPS) is 22.4. The fourth-order valence-corrected chi connectivity index (χ4v) is 4.47. The number of halogens is 1. The zero-order chi connectivity index (χ0) is 23.0. The molecule has 0 spiro atoms. The molecule has 0 aromatic heterocycles. The molecule has 2 unspecified atom stereocenters. The van der Waals surface area contributed by atoms with Crippen LogP contribution in [0.15, 0.2) is 51.7 Å². The first-order valence-corrected chi connectivity index (χ1v) is 10.5. The number of hydrogen-bond acceptors (Lipinski definition) is 6. The standard InChI is InChI=1S/C23H22BrN5O2/c1-22(2,3)31-21(30)29-9-8-16-17(10-25)20(28)23(12-26,13-27)19(18(16)11-29)14-4-6-15(24)7-5-14/h4-8,18-19H,9,11,28H2,1-3H3. The van der Waals surface area contributed by atoms with E-state index < -0.39 is 28.9 Å². The highest BCUT2D eigenvalue weighted by Crippen LogP contribution is 2.54. The SMILES string of the molecule is CC(C)(C)OC(=O)N1CC=C2C(C#N)=C(N)C(C#N)(C#N)C(c3ccc(Br)cc3)C2C1. The highest BCUT2D eigenvalue weighted by atomic mass is 79.9. The third-order valence-electron chi connectivity index (χ3n) is 5.55. The lowest BCUT2D eigenvalue weighted by atomic mass is 9.58. The van der Waals surface area contributed by atoms with Crippen LogP contribution in [0, 0.1) is 45.3 Å². The molecule has 2 N–H and O–H groups in total. The summed E-state index contributed by atoms with van der Waals surface area (Å²) in [5.41, 5.74) is 5.38. The van der Waals surface area contributed by atoms with Crippen LogP contribution in [0.1, 0.15) is 32.3 Å². The highest BCUT2D eigenvalue weighted by molar-refractivity contribution is 9.10. The van der Waals surface area contributed by atoms with E-state index in [1.165, 1.54) is 4.90 Å². The zero-order valence-corrected chi connectivity index (χ0v) is 19.1. The number of carbonyl (C=O) groups is 1. The van der Waals surface area contributed by atoms with Crippen molar-refractivity contribution in [3.8, 4) is 18.2 Å². The Kier molecular flexibility index (Phi) is 5.85. The molecule has 8 heteroatoms. The molecule has 3 rings (SSSR count). The molecular formula is C23H22BrN5O2. The van der Waals surface area contributed by atoms with Crippen LogP contribution in [-0.2, 0) is 4.74 Å². The van der Waals surface area contributed by atoms with Crippen LogP contribution in [0.5, 0.6) is 0 Å².